The van der Waals surface area contributed by atoms with Crippen LogP contribution in [0.15, 0.2) is 30.4 Å². The van der Waals surface area contributed by atoms with Crippen molar-refractivity contribution in [3.63, 3.8) is 0 Å². The molecule has 0 spiro atoms. The lowest BCUT2D eigenvalue weighted by Gasteiger charge is -2.00. The average Bonchev–Trinajstić information content (AvgIpc) is 1.82. The monoisotopic (exact) mass is 123 g/mol. The quantitative estimate of drug-likeness (QED) is 0.511. The van der Waals surface area contributed by atoms with E-state index in [0.717, 1.165) is 5.71 Å². The maximum atomic E-state index is 4.00. The van der Waals surface area contributed by atoms with E-state index in [0.29, 0.717) is 5.92 Å². The molecule has 0 radical (unpaired) electrons. The first-order valence-electron chi connectivity index (χ1n) is 3.03. The predicted octanol–water partition coefficient (Wildman–Crippen LogP) is 2.41. The largest absolute Gasteiger partial charge is 0.262 e. The van der Waals surface area contributed by atoms with Crippen LogP contribution in [0.2, 0.25) is 0 Å². The maximum absolute atomic E-state index is 4.00. The van der Waals surface area contributed by atoms with Crippen LogP contribution < -0.4 is 0 Å². The van der Waals surface area contributed by atoms with Crippen LogP contribution in [0.5, 0.6) is 0 Å². The molecule has 0 atom stereocenters. The van der Waals surface area contributed by atoms with Crippen molar-refractivity contribution in [3.8, 4) is 0 Å². The van der Waals surface area contributed by atoms with E-state index in [1.165, 1.54) is 6.20 Å². The number of aliphatic imine (C=N–C) groups is 1. The first-order valence-corrected chi connectivity index (χ1v) is 3.03. The van der Waals surface area contributed by atoms with Gasteiger partial charge in [-0.1, -0.05) is 27.0 Å². The Hall–Kier alpha value is -0.850. The molecule has 0 aromatic heterocycles. The zero-order chi connectivity index (χ0) is 7.28. The molecule has 0 rings (SSSR count). The Balaban J connectivity index is 4.13. The lowest BCUT2D eigenvalue weighted by Crippen LogP contribution is -2.01. The third-order valence-corrected chi connectivity index (χ3v) is 1.04. The van der Waals surface area contributed by atoms with E-state index in [-0.39, 0.29) is 0 Å². The molecule has 0 aliphatic rings. The van der Waals surface area contributed by atoms with E-state index in [2.05, 4.69) is 32.0 Å². The fraction of sp³-hybridized carbons (Fsp3) is 0.375. The number of allylic oxidation sites excluding steroid dienone is 1. The van der Waals surface area contributed by atoms with Crippen molar-refractivity contribution in [2.45, 2.75) is 13.8 Å². The topological polar surface area (TPSA) is 12.4 Å². The highest BCUT2D eigenvalue weighted by atomic mass is 14.7. The Morgan fingerprint density at radius 1 is 1.44 bits per heavy atom. The predicted molar refractivity (Wildman–Crippen MR) is 42.7 cm³/mol. The van der Waals surface area contributed by atoms with E-state index < -0.39 is 0 Å². The smallest absolute Gasteiger partial charge is 0.0422 e. The summed E-state index contributed by atoms with van der Waals surface area (Å²) in [5.74, 6) is 0.445. The van der Waals surface area contributed by atoms with Gasteiger partial charge in [0.2, 0.25) is 0 Å². The van der Waals surface area contributed by atoms with Gasteiger partial charge in [0.15, 0.2) is 0 Å². The van der Waals surface area contributed by atoms with Gasteiger partial charge >= 0.3 is 0 Å². The van der Waals surface area contributed by atoms with Crippen molar-refractivity contribution in [2.24, 2.45) is 10.9 Å². The molecule has 9 heavy (non-hydrogen) atoms. The van der Waals surface area contributed by atoms with Gasteiger partial charge < -0.3 is 0 Å². The molecular formula is C8H13N. The summed E-state index contributed by atoms with van der Waals surface area (Å²) >= 11 is 0. The standard InChI is InChI=1S/C8H13N/c1-5-8(7(3)4)9-6-2/h5-7H,1-2H2,3-4H3. The third kappa shape index (κ3) is 2.85. The van der Waals surface area contributed by atoms with E-state index in [9.17, 15) is 0 Å². The summed E-state index contributed by atoms with van der Waals surface area (Å²) in [6, 6.07) is 0. The van der Waals surface area contributed by atoms with Gasteiger partial charge in [-0.3, -0.25) is 4.99 Å². The Labute approximate surface area is 56.8 Å². The molecule has 0 saturated carbocycles. The summed E-state index contributed by atoms with van der Waals surface area (Å²) < 4.78 is 0. The summed E-state index contributed by atoms with van der Waals surface area (Å²) in [7, 11) is 0. The molecule has 0 aromatic rings. The molecular weight excluding hydrogens is 110 g/mol. The van der Waals surface area contributed by atoms with Gasteiger partial charge in [-0.2, -0.15) is 0 Å². The Morgan fingerprint density at radius 3 is 2.11 bits per heavy atom. The van der Waals surface area contributed by atoms with Crippen molar-refractivity contribution in [2.75, 3.05) is 0 Å². The van der Waals surface area contributed by atoms with Gasteiger partial charge in [-0.15, -0.1) is 0 Å². The van der Waals surface area contributed by atoms with Crippen LogP contribution in [0.4, 0.5) is 0 Å². The summed E-state index contributed by atoms with van der Waals surface area (Å²) in [6.07, 6.45) is 3.30. The summed E-state index contributed by atoms with van der Waals surface area (Å²) in [5, 5.41) is 0. The molecule has 0 aliphatic carbocycles. The molecule has 0 aliphatic heterocycles. The van der Waals surface area contributed by atoms with Crippen molar-refractivity contribution >= 4 is 5.71 Å². The van der Waals surface area contributed by atoms with E-state index in [1.807, 2.05) is 0 Å². The molecule has 0 unspecified atom stereocenters. The SMILES string of the molecule is C=CN=C(C=C)C(C)C. The van der Waals surface area contributed by atoms with E-state index >= 15 is 0 Å². The van der Waals surface area contributed by atoms with Crippen LogP contribution in [0.3, 0.4) is 0 Å². The van der Waals surface area contributed by atoms with Crippen LogP contribution in [-0.4, -0.2) is 5.71 Å². The fourth-order valence-corrected chi connectivity index (χ4v) is 0.543. The third-order valence-electron chi connectivity index (χ3n) is 1.04. The summed E-state index contributed by atoms with van der Waals surface area (Å²) in [6.45, 7) is 11.3. The van der Waals surface area contributed by atoms with E-state index in [1.54, 1.807) is 6.08 Å². The summed E-state index contributed by atoms with van der Waals surface area (Å²) in [5.41, 5.74) is 0.991. The number of hydrogen-bond donors (Lipinski definition) is 0. The minimum atomic E-state index is 0.445. The fourth-order valence-electron chi connectivity index (χ4n) is 0.543. The number of hydrogen-bond acceptors (Lipinski definition) is 1. The lowest BCUT2D eigenvalue weighted by molar-refractivity contribution is 0.889. The molecule has 0 N–H and O–H groups in total. The molecule has 50 valence electrons. The second-order valence-electron chi connectivity index (χ2n) is 2.10. The van der Waals surface area contributed by atoms with Crippen molar-refractivity contribution in [3.05, 3.63) is 25.4 Å². The van der Waals surface area contributed by atoms with Crippen LogP contribution in [0.1, 0.15) is 13.8 Å². The average molecular weight is 123 g/mol. The van der Waals surface area contributed by atoms with Crippen LogP contribution in [-0.2, 0) is 0 Å². The second-order valence-corrected chi connectivity index (χ2v) is 2.10. The minimum absolute atomic E-state index is 0.445. The maximum Gasteiger partial charge on any atom is 0.0422 e. The molecule has 0 saturated heterocycles. The highest BCUT2D eigenvalue weighted by molar-refractivity contribution is 5.96. The van der Waals surface area contributed by atoms with Gasteiger partial charge in [0.1, 0.15) is 0 Å². The van der Waals surface area contributed by atoms with Gasteiger partial charge in [-0.25, -0.2) is 0 Å². The first-order chi connectivity index (χ1) is 4.22. The van der Waals surface area contributed by atoms with Crippen LogP contribution >= 0.6 is 0 Å². The van der Waals surface area contributed by atoms with Crippen LogP contribution in [0, 0.1) is 5.92 Å². The molecule has 0 fully saturated rings. The molecule has 0 heterocycles. The Morgan fingerprint density at radius 2 is 2.00 bits per heavy atom. The highest BCUT2D eigenvalue weighted by Gasteiger charge is 1.96. The minimum Gasteiger partial charge on any atom is -0.262 e. The van der Waals surface area contributed by atoms with Crippen molar-refractivity contribution in [1.82, 2.24) is 0 Å². The molecule has 1 heteroatoms. The van der Waals surface area contributed by atoms with Crippen LogP contribution in [0.25, 0.3) is 0 Å². The lowest BCUT2D eigenvalue weighted by atomic mass is 10.1. The van der Waals surface area contributed by atoms with Crippen molar-refractivity contribution < 1.29 is 0 Å². The van der Waals surface area contributed by atoms with Gasteiger partial charge in [0, 0.05) is 11.9 Å². The highest BCUT2D eigenvalue weighted by Crippen LogP contribution is 1.97. The zero-order valence-corrected chi connectivity index (χ0v) is 6.09. The van der Waals surface area contributed by atoms with Crippen molar-refractivity contribution in [1.29, 1.82) is 0 Å². The normalized spacial score (nSPS) is 11.7. The first kappa shape index (κ1) is 8.15. The Kier molecular flexibility index (Phi) is 3.69. The number of nitrogens with zero attached hydrogens (tertiary/aromatic N) is 1. The summed E-state index contributed by atoms with van der Waals surface area (Å²) in [4.78, 5) is 4.00. The molecule has 1 nitrogen and oxygen atoms in total. The van der Waals surface area contributed by atoms with Gasteiger partial charge in [0.25, 0.3) is 0 Å². The van der Waals surface area contributed by atoms with Gasteiger partial charge in [0.05, 0.1) is 0 Å². The molecule has 0 bridgehead atoms. The zero-order valence-electron chi connectivity index (χ0n) is 6.09. The molecule has 0 amide bonds. The Bertz CT molecular complexity index is 132. The number of rotatable bonds is 3. The molecule has 0 aromatic carbocycles. The van der Waals surface area contributed by atoms with Gasteiger partial charge in [-0.05, 0) is 12.0 Å². The van der Waals surface area contributed by atoms with E-state index in [4.69, 9.17) is 0 Å². The second kappa shape index (κ2) is 4.07.